The summed E-state index contributed by atoms with van der Waals surface area (Å²) >= 11 is 3.33. The number of halogens is 1. The van der Waals surface area contributed by atoms with Crippen LogP contribution in [0.4, 0.5) is 0 Å². The Morgan fingerprint density at radius 1 is 1.29 bits per heavy atom. The van der Waals surface area contributed by atoms with E-state index in [1.54, 1.807) is 22.5 Å². The molecule has 0 saturated carbocycles. The highest BCUT2D eigenvalue weighted by atomic mass is 79.9. The summed E-state index contributed by atoms with van der Waals surface area (Å²) in [6.45, 7) is 5.57. The molecule has 1 aliphatic heterocycles. The molecule has 0 aliphatic carbocycles. The van der Waals surface area contributed by atoms with Gasteiger partial charge in [-0.15, -0.1) is 0 Å². The zero-order chi connectivity index (χ0) is 15.6. The second-order valence-corrected chi connectivity index (χ2v) is 8.60. The maximum atomic E-state index is 12.8. The number of sulfonamides is 1. The van der Waals surface area contributed by atoms with E-state index >= 15 is 0 Å². The van der Waals surface area contributed by atoms with Crippen LogP contribution in [-0.2, 0) is 10.0 Å². The van der Waals surface area contributed by atoms with Gasteiger partial charge < -0.3 is 4.74 Å². The van der Waals surface area contributed by atoms with Crippen LogP contribution in [0.15, 0.2) is 27.6 Å². The van der Waals surface area contributed by atoms with Gasteiger partial charge in [0, 0.05) is 17.6 Å². The molecule has 4 nitrogen and oxygen atoms in total. The Balaban J connectivity index is 2.25. The van der Waals surface area contributed by atoms with Gasteiger partial charge in [0.25, 0.3) is 0 Å². The maximum absolute atomic E-state index is 12.8. The fraction of sp³-hybridized carbons (Fsp3) is 0.600. The zero-order valence-electron chi connectivity index (χ0n) is 12.7. The highest BCUT2D eigenvalue weighted by molar-refractivity contribution is 9.10. The quantitative estimate of drug-likeness (QED) is 0.808. The first-order chi connectivity index (χ1) is 9.86. The van der Waals surface area contributed by atoms with E-state index in [-0.39, 0.29) is 4.90 Å². The van der Waals surface area contributed by atoms with E-state index in [2.05, 4.69) is 29.8 Å². The Labute approximate surface area is 135 Å². The number of rotatable bonds is 4. The molecule has 21 heavy (non-hydrogen) atoms. The third-order valence-electron chi connectivity index (χ3n) is 4.18. The molecule has 1 aromatic rings. The SMILES string of the molecule is COc1ccc(Br)cc1S(=O)(=O)N1CCC(C(C)C)CC1. The van der Waals surface area contributed by atoms with Crippen LogP contribution in [-0.4, -0.2) is 32.9 Å². The lowest BCUT2D eigenvalue weighted by atomic mass is 9.87. The molecule has 1 heterocycles. The fourth-order valence-corrected chi connectivity index (χ4v) is 4.94. The van der Waals surface area contributed by atoms with Crippen LogP contribution in [0.1, 0.15) is 26.7 Å². The molecule has 1 saturated heterocycles. The van der Waals surface area contributed by atoms with Crippen molar-refractivity contribution in [3.63, 3.8) is 0 Å². The van der Waals surface area contributed by atoms with Gasteiger partial charge in [-0.2, -0.15) is 4.31 Å². The van der Waals surface area contributed by atoms with Crippen molar-refractivity contribution < 1.29 is 13.2 Å². The second-order valence-electron chi connectivity index (χ2n) is 5.78. The first kappa shape index (κ1) is 16.8. The lowest BCUT2D eigenvalue weighted by Gasteiger charge is -2.33. The van der Waals surface area contributed by atoms with Gasteiger partial charge in [-0.1, -0.05) is 29.8 Å². The van der Waals surface area contributed by atoms with E-state index in [1.807, 2.05) is 0 Å². The van der Waals surface area contributed by atoms with Crippen molar-refractivity contribution in [3.05, 3.63) is 22.7 Å². The molecule has 0 spiro atoms. The van der Waals surface area contributed by atoms with E-state index in [1.165, 1.54) is 7.11 Å². The van der Waals surface area contributed by atoms with Gasteiger partial charge in [-0.25, -0.2) is 8.42 Å². The third-order valence-corrected chi connectivity index (χ3v) is 6.60. The summed E-state index contributed by atoms with van der Waals surface area (Å²) in [5.41, 5.74) is 0. The third kappa shape index (κ3) is 3.60. The number of benzene rings is 1. The van der Waals surface area contributed by atoms with Crippen LogP contribution in [0.2, 0.25) is 0 Å². The minimum Gasteiger partial charge on any atom is -0.495 e. The molecule has 2 rings (SSSR count). The van der Waals surface area contributed by atoms with Crippen LogP contribution in [0.25, 0.3) is 0 Å². The van der Waals surface area contributed by atoms with Crippen molar-refractivity contribution in [2.45, 2.75) is 31.6 Å². The monoisotopic (exact) mass is 375 g/mol. The lowest BCUT2D eigenvalue weighted by molar-refractivity contribution is 0.226. The Bertz CT molecular complexity index is 593. The van der Waals surface area contributed by atoms with E-state index < -0.39 is 10.0 Å². The molecule has 6 heteroatoms. The Hall–Kier alpha value is -0.590. The van der Waals surface area contributed by atoms with Gasteiger partial charge in [0.15, 0.2) is 0 Å². The van der Waals surface area contributed by atoms with Crippen molar-refractivity contribution in [1.82, 2.24) is 4.31 Å². The molecule has 0 amide bonds. The van der Waals surface area contributed by atoms with Crippen molar-refractivity contribution in [1.29, 1.82) is 0 Å². The minimum atomic E-state index is -3.50. The zero-order valence-corrected chi connectivity index (χ0v) is 15.1. The van der Waals surface area contributed by atoms with E-state index in [4.69, 9.17) is 4.74 Å². The van der Waals surface area contributed by atoms with Crippen LogP contribution in [0, 0.1) is 11.8 Å². The summed E-state index contributed by atoms with van der Waals surface area (Å²) < 4.78 is 33.2. The van der Waals surface area contributed by atoms with Gasteiger partial charge in [0.05, 0.1) is 7.11 Å². The smallest absolute Gasteiger partial charge is 0.246 e. The molecule has 0 aromatic heterocycles. The van der Waals surface area contributed by atoms with Crippen LogP contribution < -0.4 is 4.74 Å². The average Bonchev–Trinajstić information content (AvgIpc) is 2.47. The van der Waals surface area contributed by atoms with Gasteiger partial charge >= 0.3 is 0 Å². The number of hydrogen-bond donors (Lipinski definition) is 0. The standard InChI is InChI=1S/C15H22BrNO3S/c1-11(2)12-6-8-17(9-7-12)21(18,19)15-10-13(16)4-5-14(15)20-3/h4-5,10-12H,6-9H2,1-3H3. The van der Waals surface area contributed by atoms with Crippen molar-refractivity contribution in [2.24, 2.45) is 11.8 Å². The number of hydrogen-bond acceptors (Lipinski definition) is 3. The molecule has 0 N–H and O–H groups in total. The van der Waals surface area contributed by atoms with Gasteiger partial charge in [-0.05, 0) is 42.9 Å². The Kier molecular flexibility index (Phi) is 5.33. The summed E-state index contributed by atoms with van der Waals surface area (Å²) in [5, 5.41) is 0. The van der Waals surface area contributed by atoms with E-state index in [0.29, 0.717) is 30.7 Å². The summed E-state index contributed by atoms with van der Waals surface area (Å²) in [4.78, 5) is 0.238. The number of piperidine rings is 1. The Morgan fingerprint density at radius 2 is 1.90 bits per heavy atom. The molecule has 118 valence electrons. The molecular formula is C15H22BrNO3S. The summed E-state index contributed by atoms with van der Waals surface area (Å²) in [5.74, 6) is 1.61. The van der Waals surface area contributed by atoms with Crippen molar-refractivity contribution >= 4 is 26.0 Å². The van der Waals surface area contributed by atoms with Crippen molar-refractivity contribution in [2.75, 3.05) is 20.2 Å². The first-order valence-electron chi connectivity index (χ1n) is 7.20. The predicted molar refractivity (Wildman–Crippen MR) is 87.0 cm³/mol. The summed E-state index contributed by atoms with van der Waals surface area (Å²) in [7, 11) is -2.00. The number of ether oxygens (including phenoxy) is 1. The highest BCUT2D eigenvalue weighted by Crippen LogP contribution is 2.33. The van der Waals surface area contributed by atoms with E-state index in [0.717, 1.165) is 17.3 Å². The van der Waals surface area contributed by atoms with Crippen LogP contribution in [0.5, 0.6) is 5.75 Å². The second kappa shape index (κ2) is 6.67. The number of methoxy groups -OCH3 is 1. The number of nitrogens with zero attached hydrogens (tertiary/aromatic N) is 1. The lowest BCUT2D eigenvalue weighted by Crippen LogP contribution is -2.39. The first-order valence-corrected chi connectivity index (χ1v) is 9.43. The average molecular weight is 376 g/mol. The van der Waals surface area contributed by atoms with Crippen LogP contribution in [0.3, 0.4) is 0 Å². The van der Waals surface area contributed by atoms with E-state index in [9.17, 15) is 8.42 Å². The largest absolute Gasteiger partial charge is 0.495 e. The Morgan fingerprint density at radius 3 is 2.43 bits per heavy atom. The fourth-order valence-electron chi connectivity index (χ4n) is 2.77. The molecule has 0 unspecified atom stereocenters. The summed E-state index contributed by atoms with van der Waals surface area (Å²) in [6, 6.07) is 5.07. The van der Waals surface area contributed by atoms with Crippen LogP contribution >= 0.6 is 15.9 Å². The topological polar surface area (TPSA) is 46.6 Å². The predicted octanol–water partition coefficient (Wildman–Crippen LogP) is 3.51. The highest BCUT2D eigenvalue weighted by Gasteiger charge is 2.32. The minimum absolute atomic E-state index is 0.238. The maximum Gasteiger partial charge on any atom is 0.246 e. The molecule has 0 radical (unpaired) electrons. The normalized spacial score (nSPS) is 18.1. The summed E-state index contributed by atoms with van der Waals surface area (Å²) in [6.07, 6.45) is 1.85. The molecule has 0 atom stereocenters. The molecule has 1 fully saturated rings. The van der Waals surface area contributed by atoms with Crippen molar-refractivity contribution in [3.8, 4) is 5.75 Å². The molecular weight excluding hydrogens is 354 g/mol. The molecule has 1 aromatic carbocycles. The molecule has 1 aliphatic rings. The van der Waals surface area contributed by atoms with Gasteiger partial charge in [-0.3, -0.25) is 0 Å². The van der Waals surface area contributed by atoms with Gasteiger partial charge in [0.2, 0.25) is 10.0 Å². The molecule has 0 bridgehead atoms. The van der Waals surface area contributed by atoms with Gasteiger partial charge in [0.1, 0.15) is 10.6 Å².